The Balaban J connectivity index is 1.48. The summed E-state index contributed by atoms with van der Waals surface area (Å²) in [5, 5.41) is 19.2. The van der Waals surface area contributed by atoms with Crippen LogP contribution in [-0.4, -0.2) is 62.8 Å². The Hall–Kier alpha value is -2.93. The highest BCUT2D eigenvalue weighted by molar-refractivity contribution is 7.13. The summed E-state index contributed by atoms with van der Waals surface area (Å²) in [7, 11) is 1.63. The van der Waals surface area contributed by atoms with Crippen LogP contribution < -0.4 is 5.32 Å². The Morgan fingerprint density at radius 2 is 2.20 bits per heavy atom. The third-order valence-electron chi connectivity index (χ3n) is 4.02. The number of nitrogens with one attached hydrogen (secondary N) is 2. The van der Waals surface area contributed by atoms with Crippen LogP contribution in [-0.2, 0) is 16.0 Å². The van der Waals surface area contributed by atoms with E-state index in [0.29, 0.717) is 43.4 Å². The van der Waals surface area contributed by atoms with Gasteiger partial charge in [-0.05, 0) is 0 Å². The Bertz CT molecular complexity index is 1070. The number of carbonyl (C=O) groups is 1. The van der Waals surface area contributed by atoms with Gasteiger partial charge in [0.15, 0.2) is 0 Å². The van der Waals surface area contributed by atoms with Crippen molar-refractivity contribution in [2.75, 3.05) is 32.2 Å². The Kier molecular flexibility index (Phi) is 6.59. The molecule has 0 aliphatic rings. The van der Waals surface area contributed by atoms with E-state index in [0.717, 1.165) is 15.6 Å². The summed E-state index contributed by atoms with van der Waals surface area (Å²) in [6.07, 6.45) is 6.88. The summed E-state index contributed by atoms with van der Waals surface area (Å²) < 4.78 is 12.2. The van der Waals surface area contributed by atoms with Gasteiger partial charge in [-0.25, -0.2) is 9.97 Å². The normalized spacial score (nSPS) is 11.1. The average Bonchev–Trinajstić information content (AvgIpc) is 3.54. The topological polar surface area (TPSA) is 120 Å². The van der Waals surface area contributed by atoms with Crippen molar-refractivity contribution >= 4 is 34.3 Å². The molecule has 0 fully saturated rings. The van der Waals surface area contributed by atoms with Gasteiger partial charge < -0.3 is 14.8 Å². The molecule has 0 aliphatic heterocycles. The van der Waals surface area contributed by atoms with Gasteiger partial charge in [-0.1, -0.05) is 0 Å². The van der Waals surface area contributed by atoms with Gasteiger partial charge in [0.25, 0.3) is 5.91 Å². The van der Waals surface area contributed by atoms with E-state index in [1.54, 1.807) is 42.0 Å². The number of nitrogens with zero attached hydrogens (tertiary/aromatic N) is 5. The molecule has 0 unspecified atom stereocenters. The van der Waals surface area contributed by atoms with Crippen molar-refractivity contribution in [2.45, 2.75) is 6.54 Å². The molecule has 12 heteroatoms. The zero-order valence-electron chi connectivity index (χ0n) is 16.1. The molecule has 4 aromatic heterocycles. The SMILES string of the molecule is COCCOCCn1cc(NC(=O)c2csc(-c3cn[nH]c3)n2)c(-c2nccs2)n1. The predicted octanol–water partition coefficient (Wildman–Crippen LogP) is 2.77. The Labute approximate surface area is 179 Å². The van der Waals surface area contributed by atoms with E-state index < -0.39 is 0 Å². The number of H-pyrrole nitrogens is 1. The second-order valence-electron chi connectivity index (χ2n) is 6.08. The molecule has 4 heterocycles. The lowest BCUT2D eigenvalue weighted by Gasteiger charge is -2.03. The third kappa shape index (κ3) is 4.79. The molecule has 10 nitrogen and oxygen atoms in total. The van der Waals surface area contributed by atoms with Crippen LogP contribution in [0.25, 0.3) is 21.3 Å². The molecule has 30 heavy (non-hydrogen) atoms. The Morgan fingerprint density at radius 1 is 1.27 bits per heavy atom. The molecule has 2 N–H and O–H groups in total. The lowest BCUT2D eigenvalue weighted by molar-refractivity contribution is 0.0654. The summed E-state index contributed by atoms with van der Waals surface area (Å²) in [5.41, 5.74) is 2.35. The molecule has 4 rings (SSSR count). The van der Waals surface area contributed by atoms with Gasteiger partial charge in [0.1, 0.15) is 21.4 Å². The number of amides is 1. The van der Waals surface area contributed by atoms with Crippen molar-refractivity contribution in [3.63, 3.8) is 0 Å². The first kappa shape index (κ1) is 20.3. The van der Waals surface area contributed by atoms with Crippen LogP contribution in [0.4, 0.5) is 5.69 Å². The van der Waals surface area contributed by atoms with Gasteiger partial charge in [-0.3, -0.25) is 14.6 Å². The van der Waals surface area contributed by atoms with Crippen molar-refractivity contribution in [1.82, 2.24) is 29.9 Å². The van der Waals surface area contributed by atoms with Gasteiger partial charge in [0.05, 0.1) is 38.2 Å². The molecule has 156 valence electrons. The number of thiazole rings is 2. The van der Waals surface area contributed by atoms with E-state index in [9.17, 15) is 4.79 Å². The van der Waals surface area contributed by atoms with Crippen LogP contribution in [0.3, 0.4) is 0 Å². The number of methoxy groups -OCH3 is 1. The smallest absolute Gasteiger partial charge is 0.275 e. The lowest BCUT2D eigenvalue weighted by atomic mass is 10.3. The molecule has 0 saturated carbocycles. The fraction of sp³-hybridized carbons (Fsp3) is 0.278. The zero-order valence-corrected chi connectivity index (χ0v) is 17.7. The van der Waals surface area contributed by atoms with Gasteiger partial charge in [0.2, 0.25) is 0 Å². The van der Waals surface area contributed by atoms with Crippen molar-refractivity contribution in [3.8, 4) is 21.3 Å². The predicted molar refractivity (Wildman–Crippen MR) is 114 cm³/mol. The second-order valence-corrected chi connectivity index (χ2v) is 7.83. The van der Waals surface area contributed by atoms with Crippen LogP contribution >= 0.6 is 22.7 Å². The first-order chi connectivity index (χ1) is 14.7. The molecule has 0 bridgehead atoms. The second kappa shape index (κ2) is 9.71. The number of hydrogen-bond acceptors (Lipinski definition) is 9. The maximum atomic E-state index is 12.8. The highest BCUT2D eigenvalue weighted by Crippen LogP contribution is 2.29. The first-order valence-corrected chi connectivity index (χ1v) is 10.8. The first-order valence-electron chi connectivity index (χ1n) is 9.04. The van der Waals surface area contributed by atoms with Crippen molar-refractivity contribution in [3.05, 3.63) is 41.2 Å². The molecule has 4 aromatic rings. The van der Waals surface area contributed by atoms with Crippen LogP contribution in [0.5, 0.6) is 0 Å². The molecular formula is C18H19N7O3S2. The molecule has 0 saturated heterocycles. The maximum Gasteiger partial charge on any atom is 0.275 e. The number of hydrogen-bond donors (Lipinski definition) is 2. The minimum absolute atomic E-state index is 0.310. The van der Waals surface area contributed by atoms with Gasteiger partial charge in [0, 0.05) is 42.0 Å². The summed E-state index contributed by atoms with van der Waals surface area (Å²) in [5.74, 6) is -0.310. The average molecular weight is 446 g/mol. The number of rotatable bonds is 10. The van der Waals surface area contributed by atoms with E-state index in [2.05, 4.69) is 30.6 Å². The number of carbonyl (C=O) groups excluding carboxylic acids is 1. The number of anilines is 1. The molecule has 0 radical (unpaired) electrons. The number of ether oxygens (including phenoxy) is 2. The van der Waals surface area contributed by atoms with E-state index in [4.69, 9.17) is 9.47 Å². The molecule has 0 aromatic carbocycles. The zero-order chi connectivity index (χ0) is 20.8. The minimum atomic E-state index is -0.310. The highest BCUT2D eigenvalue weighted by Gasteiger charge is 2.19. The largest absolute Gasteiger partial charge is 0.382 e. The van der Waals surface area contributed by atoms with Crippen molar-refractivity contribution in [2.24, 2.45) is 0 Å². The summed E-state index contributed by atoms with van der Waals surface area (Å²) in [6.45, 7) is 2.08. The van der Waals surface area contributed by atoms with Crippen LogP contribution in [0.15, 0.2) is 35.5 Å². The fourth-order valence-corrected chi connectivity index (χ4v) is 4.01. The maximum absolute atomic E-state index is 12.8. The van der Waals surface area contributed by atoms with Crippen molar-refractivity contribution in [1.29, 1.82) is 0 Å². The quantitative estimate of drug-likeness (QED) is 0.360. The minimum Gasteiger partial charge on any atom is -0.382 e. The fourth-order valence-electron chi connectivity index (χ4n) is 2.59. The van der Waals surface area contributed by atoms with Gasteiger partial charge in [-0.2, -0.15) is 10.2 Å². The van der Waals surface area contributed by atoms with Crippen LogP contribution in [0.2, 0.25) is 0 Å². The third-order valence-corrected chi connectivity index (χ3v) is 5.69. The van der Waals surface area contributed by atoms with Gasteiger partial charge in [-0.15, -0.1) is 22.7 Å². The van der Waals surface area contributed by atoms with E-state index in [1.807, 2.05) is 5.38 Å². The van der Waals surface area contributed by atoms with E-state index in [1.165, 1.54) is 22.7 Å². The summed E-state index contributed by atoms with van der Waals surface area (Å²) >= 11 is 2.83. The molecule has 0 atom stereocenters. The lowest BCUT2D eigenvalue weighted by Crippen LogP contribution is -2.12. The van der Waals surface area contributed by atoms with E-state index >= 15 is 0 Å². The van der Waals surface area contributed by atoms with Gasteiger partial charge >= 0.3 is 0 Å². The monoisotopic (exact) mass is 445 g/mol. The van der Waals surface area contributed by atoms with Crippen LogP contribution in [0, 0.1) is 0 Å². The summed E-state index contributed by atoms with van der Waals surface area (Å²) in [6, 6.07) is 0. The van der Waals surface area contributed by atoms with Crippen LogP contribution in [0.1, 0.15) is 10.5 Å². The standard InChI is InChI=1S/C18H19N7O3S2/c1-27-5-6-28-4-3-25-10-13(15(24-25)18-19-2-7-29-18)22-16(26)14-11-30-17(23-14)12-8-20-21-9-12/h2,7-11H,3-6H2,1H3,(H,20,21)(H,22,26). The van der Waals surface area contributed by atoms with Crippen molar-refractivity contribution < 1.29 is 14.3 Å². The Morgan fingerprint density at radius 3 is 2.97 bits per heavy atom. The number of aromatic nitrogens is 6. The molecule has 0 aliphatic carbocycles. The molecular weight excluding hydrogens is 426 g/mol. The van der Waals surface area contributed by atoms with E-state index in [-0.39, 0.29) is 5.91 Å². The highest BCUT2D eigenvalue weighted by atomic mass is 32.1. The summed E-state index contributed by atoms with van der Waals surface area (Å²) in [4.78, 5) is 21.5. The molecule has 0 spiro atoms. The number of aromatic amines is 1. The molecule has 1 amide bonds.